The van der Waals surface area contributed by atoms with Crippen molar-refractivity contribution in [2.24, 2.45) is 0 Å². The third kappa shape index (κ3) is 2.08. The molecule has 0 amide bonds. The van der Waals surface area contributed by atoms with E-state index >= 15 is 0 Å². The van der Waals surface area contributed by atoms with E-state index in [1.807, 2.05) is 26.0 Å². The smallest absolute Gasteiger partial charge is 0.249 e. The topological polar surface area (TPSA) is 60.2 Å². The molecule has 0 spiro atoms. The van der Waals surface area contributed by atoms with E-state index in [1.54, 1.807) is 7.11 Å². The van der Waals surface area contributed by atoms with Crippen molar-refractivity contribution in [3.05, 3.63) is 41.5 Å². The maximum atomic E-state index is 5.51. The summed E-state index contributed by atoms with van der Waals surface area (Å²) in [5, 5.41) is 7.50. The van der Waals surface area contributed by atoms with Gasteiger partial charge < -0.3 is 14.6 Å². The van der Waals surface area contributed by atoms with Crippen LogP contribution in [0.15, 0.2) is 28.8 Å². The van der Waals surface area contributed by atoms with Gasteiger partial charge in [0, 0.05) is 19.2 Å². The lowest BCUT2D eigenvalue weighted by Crippen LogP contribution is -2.25. The molecule has 3 rings (SSSR count). The normalized spacial score (nSPS) is 20.2. The Kier molecular flexibility index (Phi) is 3.22. The van der Waals surface area contributed by atoms with Crippen LogP contribution in [0.25, 0.3) is 0 Å². The monoisotopic (exact) mass is 273 g/mol. The van der Waals surface area contributed by atoms with Crippen LogP contribution >= 0.6 is 0 Å². The van der Waals surface area contributed by atoms with Crippen molar-refractivity contribution >= 4 is 5.69 Å². The SMILES string of the molecule is CCC(C)(OC)c1noc(C2Cc3ccccc3N2)n1. The molecule has 0 aliphatic carbocycles. The quantitative estimate of drug-likeness (QED) is 0.927. The molecular weight excluding hydrogens is 254 g/mol. The molecular formula is C15H19N3O2. The van der Waals surface area contributed by atoms with Gasteiger partial charge in [-0.15, -0.1) is 0 Å². The molecule has 1 aromatic heterocycles. The molecule has 2 aromatic rings. The number of anilines is 1. The van der Waals surface area contributed by atoms with E-state index in [-0.39, 0.29) is 6.04 Å². The number of benzene rings is 1. The molecule has 1 aliphatic heterocycles. The second-order valence-electron chi connectivity index (χ2n) is 5.30. The van der Waals surface area contributed by atoms with Crippen molar-refractivity contribution < 1.29 is 9.26 Å². The predicted octanol–water partition coefficient (Wildman–Crippen LogP) is 3.05. The zero-order chi connectivity index (χ0) is 14.2. The van der Waals surface area contributed by atoms with Crippen LogP contribution in [0.5, 0.6) is 0 Å². The summed E-state index contributed by atoms with van der Waals surface area (Å²) in [7, 11) is 1.67. The molecule has 5 heteroatoms. The maximum absolute atomic E-state index is 5.51. The molecule has 106 valence electrons. The summed E-state index contributed by atoms with van der Waals surface area (Å²) >= 11 is 0. The van der Waals surface area contributed by atoms with Crippen molar-refractivity contribution in [1.29, 1.82) is 0 Å². The van der Waals surface area contributed by atoms with Gasteiger partial charge in [-0.2, -0.15) is 4.98 Å². The summed E-state index contributed by atoms with van der Waals surface area (Å²) in [6.45, 7) is 4.02. The van der Waals surface area contributed by atoms with Gasteiger partial charge in [0.05, 0.1) is 0 Å². The fourth-order valence-electron chi connectivity index (χ4n) is 2.43. The van der Waals surface area contributed by atoms with E-state index in [2.05, 4.69) is 27.6 Å². The number of nitrogens with one attached hydrogen (secondary N) is 1. The highest BCUT2D eigenvalue weighted by molar-refractivity contribution is 5.56. The summed E-state index contributed by atoms with van der Waals surface area (Å²) in [5.41, 5.74) is 1.93. The number of hydrogen-bond donors (Lipinski definition) is 1. The Hall–Kier alpha value is -1.88. The number of fused-ring (bicyclic) bond motifs is 1. The van der Waals surface area contributed by atoms with Crippen molar-refractivity contribution in [1.82, 2.24) is 10.1 Å². The number of ether oxygens (including phenoxy) is 1. The number of aromatic nitrogens is 2. The summed E-state index contributed by atoms with van der Waals surface area (Å²) in [5.74, 6) is 1.23. The molecule has 20 heavy (non-hydrogen) atoms. The molecule has 1 N–H and O–H groups in total. The fourth-order valence-corrected chi connectivity index (χ4v) is 2.43. The summed E-state index contributed by atoms with van der Waals surface area (Å²) in [6.07, 6.45) is 1.66. The van der Waals surface area contributed by atoms with Gasteiger partial charge >= 0.3 is 0 Å². The van der Waals surface area contributed by atoms with Crippen LogP contribution < -0.4 is 5.32 Å². The van der Waals surface area contributed by atoms with Crippen molar-refractivity contribution in [3.63, 3.8) is 0 Å². The van der Waals surface area contributed by atoms with Crippen LogP contribution in [0.3, 0.4) is 0 Å². The zero-order valence-electron chi connectivity index (χ0n) is 12.0. The minimum Gasteiger partial charge on any atom is -0.373 e. The number of rotatable bonds is 4. The van der Waals surface area contributed by atoms with Gasteiger partial charge in [0.15, 0.2) is 0 Å². The second-order valence-corrected chi connectivity index (χ2v) is 5.30. The van der Waals surface area contributed by atoms with Crippen LogP contribution in [-0.2, 0) is 16.8 Å². The van der Waals surface area contributed by atoms with Crippen molar-refractivity contribution in [2.75, 3.05) is 12.4 Å². The first-order valence-corrected chi connectivity index (χ1v) is 6.90. The molecule has 5 nitrogen and oxygen atoms in total. The third-order valence-corrected chi connectivity index (χ3v) is 4.11. The molecule has 2 heterocycles. The molecule has 0 saturated heterocycles. The van der Waals surface area contributed by atoms with Gasteiger partial charge in [0.2, 0.25) is 11.7 Å². The van der Waals surface area contributed by atoms with E-state index in [0.29, 0.717) is 11.7 Å². The number of nitrogens with zero attached hydrogens (tertiary/aromatic N) is 2. The Morgan fingerprint density at radius 1 is 1.45 bits per heavy atom. The van der Waals surface area contributed by atoms with Crippen LogP contribution in [0.2, 0.25) is 0 Å². The van der Waals surface area contributed by atoms with Gasteiger partial charge in [0.1, 0.15) is 11.6 Å². The zero-order valence-corrected chi connectivity index (χ0v) is 12.0. The third-order valence-electron chi connectivity index (χ3n) is 4.11. The molecule has 0 radical (unpaired) electrons. The van der Waals surface area contributed by atoms with Gasteiger partial charge in [-0.25, -0.2) is 0 Å². The van der Waals surface area contributed by atoms with E-state index in [4.69, 9.17) is 9.26 Å². The maximum Gasteiger partial charge on any atom is 0.249 e. The summed E-state index contributed by atoms with van der Waals surface area (Å²) < 4.78 is 10.9. The van der Waals surface area contributed by atoms with Gasteiger partial charge in [-0.3, -0.25) is 0 Å². The van der Waals surface area contributed by atoms with Gasteiger partial charge in [-0.1, -0.05) is 30.3 Å². The lowest BCUT2D eigenvalue weighted by Gasteiger charge is -2.21. The van der Waals surface area contributed by atoms with Crippen molar-refractivity contribution in [3.8, 4) is 0 Å². The highest BCUT2D eigenvalue weighted by Crippen LogP contribution is 2.34. The number of methoxy groups -OCH3 is 1. The van der Waals surface area contributed by atoms with Crippen LogP contribution in [0.1, 0.15) is 43.6 Å². The summed E-state index contributed by atoms with van der Waals surface area (Å²) in [4.78, 5) is 4.52. The van der Waals surface area contributed by atoms with E-state index in [9.17, 15) is 0 Å². The molecule has 0 fully saturated rings. The van der Waals surface area contributed by atoms with E-state index < -0.39 is 5.60 Å². The van der Waals surface area contributed by atoms with E-state index in [1.165, 1.54) is 5.56 Å². The van der Waals surface area contributed by atoms with Crippen molar-refractivity contribution in [2.45, 2.75) is 38.3 Å². The van der Waals surface area contributed by atoms with Gasteiger partial charge in [0.25, 0.3) is 0 Å². The Balaban J connectivity index is 1.83. The first-order chi connectivity index (χ1) is 9.66. The minimum atomic E-state index is -0.493. The lowest BCUT2D eigenvalue weighted by molar-refractivity contribution is -0.0106. The average Bonchev–Trinajstić information content (AvgIpc) is 3.12. The number of para-hydroxylation sites is 1. The molecule has 2 unspecified atom stereocenters. The Bertz CT molecular complexity index is 580. The molecule has 0 saturated carbocycles. The average molecular weight is 273 g/mol. The first kappa shape index (κ1) is 13.1. The predicted molar refractivity (Wildman–Crippen MR) is 75.5 cm³/mol. The number of hydrogen-bond acceptors (Lipinski definition) is 5. The lowest BCUT2D eigenvalue weighted by atomic mass is 10.0. The highest BCUT2D eigenvalue weighted by Gasteiger charge is 2.33. The van der Waals surface area contributed by atoms with E-state index in [0.717, 1.165) is 18.5 Å². The first-order valence-electron chi connectivity index (χ1n) is 6.90. The Morgan fingerprint density at radius 3 is 2.95 bits per heavy atom. The van der Waals surface area contributed by atoms with Crippen LogP contribution in [0.4, 0.5) is 5.69 Å². The standard InChI is InChI=1S/C15H19N3O2/c1-4-15(2,19-3)14-17-13(20-18-14)12-9-10-7-5-6-8-11(10)16-12/h5-8,12,16H,4,9H2,1-3H3. The van der Waals surface area contributed by atoms with Gasteiger partial charge in [-0.05, 0) is 25.0 Å². The molecule has 2 atom stereocenters. The summed E-state index contributed by atoms with van der Waals surface area (Å²) in [6, 6.07) is 8.29. The van der Waals surface area contributed by atoms with Crippen LogP contribution in [-0.4, -0.2) is 17.3 Å². The highest BCUT2D eigenvalue weighted by atomic mass is 16.5. The largest absolute Gasteiger partial charge is 0.373 e. The fraction of sp³-hybridized carbons (Fsp3) is 0.467. The Morgan fingerprint density at radius 2 is 2.25 bits per heavy atom. The Labute approximate surface area is 118 Å². The molecule has 1 aromatic carbocycles. The molecule has 0 bridgehead atoms. The van der Waals surface area contributed by atoms with Crippen LogP contribution in [0, 0.1) is 0 Å². The molecule has 1 aliphatic rings. The second kappa shape index (κ2) is 4.90. The minimum absolute atomic E-state index is 0.0478.